The number of benzene rings is 6. The molecule has 2 aliphatic heterocycles. The van der Waals surface area contributed by atoms with Crippen LogP contribution >= 0.6 is 0 Å². The molecule has 7 aromatic rings. The van der Waals surface area contributed by atoms with E-state index in [1.54, 1.807) is 11.1 Å². The quantitative estimate of drug-likeness (QED) is 0.165. The van der Waals surface area contributed by atoms with Gasteiger partial charge >= 0.3 is 0 Å². The van der Waals surface area contributed by atoms with Gasteiger partial charge in [-0.25, -0.2) is 0 Å². The second kappa shape index (κ2) is 14.7. The van der Waals surface area contributed by atoms with Crippen LogP contribution in [0.15, 0.2) is 114 Å². The first-order valence-corrected chi connectivity index (χ1v) is 28.7. The molecule has 5 atom stereocenters. The molecular weight excluding hydrogens is 896 g/mol. The Bertz CT molecular complexity index is 3560. The zero-order valence-electron chi connectivity index (χ0n) is 47.2. The van der Waals surface area contributed by atoms with Crippen LogP contribution in [0, 0.1) is 5.41 Å². The zero-order valence-corrected chi connectivity index (χ0v) is 47.2. The summed E-state index contributed by atoms with van der Waals surface area (Å²) >= 11 is 0. The van der Waals surface area contributed by atoms with E-state index in [2.05, 4.69) is 216 Å². The number of nitrogens with zero attached hydrogens (tertiary/aromatic N) is 2. The van der Waals surface area contributed by atoms with E-state index in [9.17, 15) is 0 Å². The van der Waals surface area contributed by atoms with Crippen LogP contribution in [-0.2, 0) is 37.9 Å². The summed E-state index contributed by atoms with van der Waals surface area (Å²) in [6.07, 6.45) is 11.1. The Balaban J connectivity index is 1.13. The van der Waals surface area contributed by atoms with E-state index in [1.165, 1.54) is 147 Å². The van der Waals surface area contributed by atoms with Gasteiger partial charge in [0.25, 0.3) is 6.71 Å². The van der Waals surface area contributed by atoms with E-state index < -0.39 is 0 Å². The molecule has 0 radical (unpaired) electrons. The summed E-state index contributed by atoms with van der Waals surface area (Å²) in [6.45, 7) is 34.3. The van der Waals surface area contributed by atoms with Crippen LogP contribution in [0.3, 0.4) is 0 Å². The van der Waals surface area contributed by atoms with Gasteiger partial charge in [-0.2, -0.15) is 0 Å². The van der Waals surface area contributed by atoms with Gasteiger partial charge in [0.1, 0.15) is 5.58 Å². The van der Waals surface area contributed by atoms with Crippen molar-refractivity contribution in [3.8, 4) is 0 Å². The molecule has 2 fully saturated rings. The molecule has 74 heavy (non-hydrogen) atoms. The molecule has 7 aliphatic rings. The number of fused-ring (bicyclic) bond motifs is 15. The van der Waals surface area contributed by atoms with Gasteiger partial charge in [0.05, 0.1) is 11.3 Å². The number of hydrogen-bond donors (Lipinski definition) is 0. The molecule has 0 amide bonds. The SMILES string of the molecule is CC(C)(C)c1ccc(N2c3ccc(C(C)(C)C)cc3B3c4oc5cc6c(cc5c4N(c4ccc5c(c4)C(C)(C)CCC5(C)C)c4cc(C5c7ccccc7C7(C)CCCCC57C)cc2c43)C2(C)CCC6(C)C2)cc1. The molecule has 2 saturated carbocycles. The van der Waals surface area contributed by atoms with Crippen LogP contribution in [0.1, 0.15) is 211 Å². The summed E-state index contributed by atoms with van der Waals surface area (Å²) < 4.78 is 7.78. The molecule has 2 bridgehead atoms. The molecule has 0 N–H and O–H groups in total. The fraction of sp³-hybridized carbons (Fsp3) is 0.457. The Morgan fingerprint density at radius 1 is 0.527 bits per heavy atom. The molecule has 6 aromatic carbocycles. The molecule has 5 unspecified atom stereocenters. The topological polar surface area (TPSA) is 19.6 Å². The van der Waals surface area contributed by atoms with E-state index in [-0.39, 0.29) is 56.0 Å². The molecule has 5 aliphatic carbocycles. The third-order valence-electron chi connectivity index (χ3n) is 21.8. The molecule has 1 aromatic heterocycles. The summed E-state index contributed by atoms with van der Waals surface area (Å²) in [6, 6.07) is 44.8. The fourth-order valence-electron chi connectivity index (χ4n) is 17.2. The van der Waals surface area contributed by atoms with Crippen LogP contribution in [0.2, 0.25) is 0 Å². The minimum Gasteiger partial charge on any atom is -0.468 e. The third-order valence-corrected chi connectivity index (χ3v) is 21.8. The first-order chi connectivity index (χ1) is 34.9. The average Bonchev–Trinajstić information content (AvgIpc) is 4.03. The second-order valence-corrected chi connectivity index (χ2v) is 29.4. The van der Waals surface area contributed by atoms with Gasteiger partial charge in [0.15, 0.2) is 0 Å². The molecule has 4 heteroatoms. The van der Waals surface area contributed by atoms with Gasteiger partial charge in [-0.3, -0.25) is 0 Å². The monoisotopic (exact) mass is 975 g/mol. The van der Waals surface area contributed by atoms with Crippen molar-refractivity contribution in [2.75, 3.05) is 9.80 Å². The normalized spacial score (nSPS) is 27.6. The minimum atomic E-state index is -0.118. The molecule has 3 nitrogen and oxygen atoms in total. The van der Waals surface area contributed by atoms with Gasteiger partial charge in [0, 0.05) is 39.7 Å². The lowest BCUT2D eigenvalue weighted by atomic mass is 9.35. The summed E-state index contributed by atoms with van der Waals surface area (Å²) in [5.41, 5.74) is 26.2. The van der Waals surface area contributed by atoms with E-state index in [1.807, 2.05) is 0 Å². The van der Waals surface area contributed by atoms with Crippen molar-refractivity contribution in [3.05, 3.63) is 159 Å². The van der Waals surface area contributed by atoms with Crippen LogP contribution < -0.4 is 26.4 Å². The molecular formula is C70H79BN2O. The Morgan fingerprint density at radius 3 is 1.85 bits per heavy atom. The predicted octanol–water partition coefficient (Wildman–Crippen LogP) is 17.2. The summed E-state index contributed by atoms with van der Waals surface area (Å²) in [5.74, 6) is 0.228. The maximum Gasteiger partial charge on any atom is 0.297 e. The van der Waals surface area contributed by atoms with Gasteiger partial charge < -0.3 is 14.2 Å². The van der Waals surface area contributed by atoms with Crippen molar-refractivity contribution < 1.29 is 4.42 Å². The molecule has 0 saturated heterocycles. The predicted molar refractivity (Wildman–Crippen MR) is 314 cm³/mol. The fourth-order valence-corrected chi connectivity index (χ4v) is 17.2. The third kappa shape index (κ3) is 6.15. The summed E-state index contributed by atoms with van der Waals surface area (Å²) in [7, 11) is 0. The number of rotatable bonds is 3. The zero-order chi connectivity index (χ0) is 51.7. The molecule has 378 valence electrons. The van der Waals surface area contributed by atoms with E-state index in [0.717, 1.165) is 11.2 Å². The van der Waals surface area contributed by atoms with E-state index >= 15 is 0 Å². The van der Waals surface area contributed by atoms with Gasteiger partial charge in [-0.05, 0) is 204 Å². The average molecular weight is 975 g/mol. The Hall–Kier alpha value is -5.48. The van der Waals surface area contributed by atoms with Crippen LogP contribution in [0.4, 0.5) is 34.1 Å². The standard InChI is InChI=1S/C70H79BN2O/c1-63(2,3)43-21-24-45(25-22-43)72-55-28-23-44(64(4,5)6)37-54(55)71-60-56(72)35-42(59-47-19-15-16-20-49(47)69(13)29-17-18-30-70(59,69)14)36-57(60)73(46-26-27-50-51(38-46)66(9,10)32-31-65(50,7)8)61-48-39-52-53(40-58(48)74-62(61)71)68(12)34-33-67(52,11)41-68/h15-16,19-28,35-40,59H,17-18,29-34,41H2,1-14H3. The summed E-state index contributed by atoms with van der Waals surface area (Å²) in [5, 5.41) is 1.26. The van der Waals surface area contributed by atoms with Crippen LogP contribution in [0.5, 0.6) is 0 Å². The number of hydrogen-bond acceptors (Lipinski definition) is 3. The van der Waals surface area contributed by atoms with Gasteiger partial charge in [-0.15, -0.1) is 0 Å². The molecule has 14 rings (SSSR count). The first kappa shape index (κ1) is 47.0. The van der Waals surface area contributed by atoms with Crippen molar-refractivity contribution in [2.24, 2.45) is 5.41 Å². The van der Waals surface area contributed by atoms with Crippen LogP contribution in [0.25, 0.3) is 11.0 Å². The highest BCUT2D eigenvalue weighted by atomic mass is 16.3. The van der Waals surface area contributed by atoms with E-state index in [4.69, 9.17) is 4.42 Å². The highest BCUT2D eigenvalue weighted by molar-refractivity contribution is 7.00. The smallest absolute Gasteiger partial charge is 0.297 e. The lowest BCUT2D eigenvalue weighted by Gasteiger charge is -2.49. The van der Waals surface area contributed by atoms with Crippen molar-refractivity contribution in [3.63, 3.8) is 0 Å². The van der Waals surface area contributed by atoms with E-state index in [0.29, 0.717) is 0 Å². The van der Waals surface area contributed by atoms with Crippen molar-refractivity contribution in [2.45, 2.75) is 199 Å². The Kier molecular flexibility index (Phi) is 9.35. The maximum atomic E-state index is 7.78. The Morgan fingerprint density at radius 2 is 1.15 bits per heavy atom. The lowest BCUT2D eigenvalue weighted by Crippen LogP contribution is -2.61. The highest BCUT2D eigenvalue weighted by Crippen LogP contribution is 2.68. The minimum absolute atomic E-state index is 0.0352. The Labute approximate surface area is 443 Å². The first-order valence-electron chi connectivity index (χ1n) is 28.7. The molecule has 0 spiro atoms. The van der Waals surface area contributed by atoms with Crippen LogP contribution in [-0.4, -0.2) is 6.71 Å². The number of furan rings is 1. The van der Waals surface area contributed by atoms with Gasteiger partial charge in [0.2, 0.25) is 0 Å². The largest absolute Gasteiger partial charge is 0.468 e. The van der Waals surface area contributed by atoms with Gasteiger partial charge in [-0.1, -0.05) is 164 Å². The second-order valence-electron chi connectivity index (χ2n) is 29.4. The molecule has 3 heterocycles. The van der Waals surface area contributed by atoms with Crippen molar-refractivity contribution >= 4 is 68.4 Å². The highest BCUT2D eigenvalue weighted by Gasteiger charge is 2.60. The number of anilines is 6. The summed E-state index contributed by atoms with van der Waals surface area (Å²) in [4.78, 5) is 5.40. The maximum absolute atomic E-state index is 7.78. The lowest BCUT2D eigenvalue weighted by molar-refractivity contribution is 0.0924. The van der Waals surface area contributed by atoms with Crippen molar-refractivity contribution in [1.82, 2.24) is 0 Å². The van der Waals surface area contributed by atoms with Crippen molar-refractivity contribution in [1.29, 1.82) is 0 Å².